The van der Waals surface area contributed by atoms with Crippen LogP contribution in [-0.4, -0.2) is 18.1 Å². The van der Waals surface area contributed by atoms with E-state index in [0.717, 1.165) is 17.7 Å². The van der Waals surface area contributed by atoms with Gasteiger partial charge in [0.15, 0.2) is 0 Å². The van der Waals surface area contributed by atoms with Gasteiger partial charge in [0.25, 0.3) is 0 Å². The van der Waals surface area contributed by atoms with Gasteiger partial charge in [0.05, 0.1) is 6.61 Å². The molecule has 0 unspecified atom stereocenters. The first kappa shape index (κ1) is 10.1. The number of aromatic amines is 1. The minimum absolute atomic E-state index is 0.672. The molecule has 2 rings (SSSR count). The van der Waals surface area contributed by atoms with Crippen molar-refractivity contribution in [2.24, 2.45) is 5.73 Å². The average molecular weight is 204 g/mol. The lowest BCUT2D eigenvalue weighted by molar-refractivity contribution is 0.340. The van der Waals surface area contributed by atoms with Gasteiger partial charge in [-0.2, -0.15) is 0 Å². The van der Waals surface area contributed by atoms with Crippen molar-refractivity contribution in [3.05, 3.63) is 30.0 Å². The molecule has 0 aliphatic heterocycles. The first-order valence-corrected chi connectivity index (χ1v) is 5.28. The second-order valence-electron chi connectivity index (χ2n) is 3.49. The van der Waals surface area contributed by atoms with Gasteiger partial charge >= 0.3 is 0 Å². The molecule has 3 nitrogen and oxygen atoms in total. The van der Waals surface area contributed by atoms with Crippen molar-refractivity contribution in [1.29, 1.82) is 0 Å². The van der Waals surface area contributed by atoms with E-state index in [4.69, 9.17) is 10.5 Å². The lowest BCUT2D eigenvalue weighted by Gasteiger charge is -2.03. The van der Waals surface area contributed by atoms with Crippen LogP contribution in [0.15, 0.2) is 24.4 Å². The second-order valence-corrected chi connectivity index (χ2v) is 3.49. The second kappa shape index (κ2) is 4.36. The molecule has 0 spiro atoms. The van der Waals surface area contributed by atoms with Crippen LogP contribution in [0.5, 0.6) is 5.75 Å². The highest BCUT2D eigenvalue weighted by Crippen LogP contribution is 2.23. The summed E-state index contributed by atoms with van der Waals surface area (Å²) in [5, 5.41) is 1.21. The summed E-state index contributed by atoms with van der Waals surface area (Å²) in [7, 11) is 0. The number of hydrogen-bond donors (Lipinski definition) is 2. The maximum atomic E-state index is 5.56. The van der Waals surface area contributed by atoms with E-state index in [1.54, 1.807) is 0 Å². The Kier molecular flexibility index (Phi) is 2.92. The normalized spacial score (nSPS) is 10.8. The van der Waals surface area contributed by atoms with Gasteiger partial charge in [-0.3, -0.25) is 0 Å². The van der Waals surface area contributed by atoms with Crippen LogP contribution in [0.2, 0.25) is 0 Å². The predicted molar refractivity (Wildman–Crippen MR) is 62.2 cm³/mol. The van der Waals surface area contributed by atoms with Crippen molar-refractivity contribution in [2.45, 2.75) is 13.3 Å². The molecule has 0 saturated heterocycles. The average Bonchev–Trinajstić information content (AvgIpc) is 2.63. The van der Waals surface area contributed by atoms with Gasteiger partial charge in [-0.25, -0.2) is 0 Å². The number of benzene rings is 1. The third-order valence-electron chi connectivity index (χ3n) is 2.46. The molecule has 0 aliphatic carbocycles. The molecule has 0 bridgehead atoms. The maximum Gasteiger partial charge on any atom is 0.120 e. The fourth-order valence-corrected chi connectivity index (χ4v) is 1.78. The molecule has 1 aromatic heterocycles. The van der Waals surface area contributed by atoms with E-state index in [9.17, 15) is 0 Å². The largest absolute Gasteiger partial charge is 0.494 e. The zero-order chi connectivity index (χ0) is 10.7. The molecule has 0 atom stereocenters. The molecular formula is C12H16N2O. The zero-order valence-electron chi connectivity index (χ0n) is 8.92. The maximum absolute atomic E-state index is 5.56. The summed E-state index contributed by atoms with van der Waals surface area (Å²) in [5.74, 6) is 0.919. The Morgan fingerprint density at radius 2 is 2.27 bits per heavy atom. The Labute approximate surface area is 89.2 Å². The number of hydrogen-bond acceptors (Lipinski definition) is 2. The van der Waals surface area contributed by atoms with Crippen molar-refractivity contribution >= 4 is 10.9 Å². The van der Waals surface area contributed by atoms with Gasteiger partial charge in [0.1, 0.15) is 5.75 Å². The highest BCUT2D eigenvalue weighted by atomic mass is 16.5. The number of fused-ring (bicyclic) bond motifs is 1. The van der Waals surface area contributed by atoms with Crippen LogP contribution >= 0.6 is 0 Å². The topological polar surface area (TPSA) is 51.0 Å². The summed E-state index contributed by atoms with van der Waals surface area (Å²) in [6.07, 6.45) is 2.92. The number of aromatic nitrogens is 1. The third kappa shape index (κ3) is 1.97. The standard InChI is InChI=1S/C12H16N2O/c1-2-15-10-3-4-12-11(7-10)9(5-6-13)8-14-12/h3-4,7-8,14H,2,5-6,13H2,1H3. The molecule has 1 aromatic carbocycles. The Morgan fingerprint density at radius 1 is 1.40 bits per heavy atom. The molecule has 0 amide bonds. The Hall–Kier alpha value is -1.48. The van der Waals surface area contributed by atoms with Crippen molar-refractivity contribution in [3.63, 3.8) is 0 Å². The zero-order valence-corrected chi connectivity index (χ0v) is 8.92. The van der Waals surface area contributed by atoms with Crippen molar-refractivity contribution in [1.82, 2.24) is 4.98 Å². The van der Waals surface area contributed by atoms with E-state index in [1.165, 1.54) is 10.9 Å². The summed E-state index contributed by atoms with van der Waals surface area (Å²) in [6.45, 7) is 3.36. The van der Waals surface area contributed by atoms with E-state index >= 15 is 0 Å². The molecule has 0 aliphatic rings. The number of ether oxygens (including phenoxy) is 1. The summed E-state index contributed by atoms with van der Waals surface area (Å²) < 4.78 is 5.47. The van der Waals surface area contributed by atoms with Gasteiger partial charge < -0.3 is 15.5 Å². The number of nitrogens with two attached hydrogens (primary N) is 1. The van der Waals surface area contributed by atoms with Gasteiger partial charge in [-0.15, -0.1) is 0 Å². The highest BCUT2D eigenvalue weighted by Gasteiger charge is 2.04. The first-order chi connectivity index (χ1) is 7.35. The molecule has 2 aromatic rings. The Balaban J connectivity index is 2.42. The van der Waals surface area contributed by atoms with Gasteiger partial charge in [0, 0.05) is 17.1 Å². The molecule has 1 heterocycles. The molecule has 15 heavy (non-hydrogen) atoms. The van der Waals surface area contributed by atoms with E-state index in [2.05, 4.69) is 11.1 Å². The first-order valence-electron chi connectivity index (χ1n) is 5.28. The van der Waals surface area contributed by atoms with Gasteiger partial charge in [-0.1, -0.05) is 0 Å². The van der Waals surface area contributed by atoms with Gasteiger partial charge in [-0.05, 0) is 43.7 Å². The molecular weight excluding hydrogens is 188 g/mol. The molecule has 0 saturated carbocycles. The molecule has 3 N–H and O–H groups in total. The fraction of sp³-hybridized carbons (Fsp3) is 0.333. The van der Waals surface area contributed by atoms with E-state index in [1.807, 2.05) is 25.3 Å². The molecule has 0 radical (unpaired) electrons. The van der Waals surface area contributed by atoms with E-state index in [-0.39, 0.29) is 0 Å². The van der Waals surface area contributed by atoms with Gasteiger partial charge in [0.2, 0.25) is 0 Å². The van der Waals surface area contributed by atoms with Crippen molar-refractivity contribution < 1.29 is 4.74 Å². The SMILES string of the molecule is CCOc1ccc2[nH]cc(CCN)c2c1. The summed E-state index contributed by atoms with van der Waals surface area (Å²) in [6, 6.07) is 6.09. The van der Waals surface area contributed by atoms with Crippen LogP contribution in [0.4, 0.5) is 0 Å². The minimum atomic E-state index is 0.672. The molecule has 80 valence electrons. The van der Waals surface area contributed by atoms with Crippen LogP contribution in [0.3, 0.4) is 0 Å². The Morgan fingerprint density at radius 3 is 3.00 bits per heavy atom. The lowest BCUT2D eigenvalue weighted by atomic mass is 10.1. The van der Waals surface area contributed by atoms with Crippen LogP contribution < -0.4 is 10.5 Å². The highest BCUT2D eigenvalue weighted by molar-refractivity contribution is 5.84. The van der Waals surface area contributed by atoms with Crippen LogP contribution in [0.25, 0.3) is 10.9 Å². The number of nitrogens with one attached hydrogen (secondary N) is 1. The van der Waals surface area contributed by atoms with Crippen LogP contribution in [0.1, 0.15) is 12.5 Å². The summed E-state index contributed by atoms with van der Waals surface area (Å²) in [4.78, 5) is 3.23. The monoisotopic (exact) mass is 204 g/mol. The van der Waals surface area contributed by atoms with Crippen LogP contribution in [-0.2, 0) is 6.42 Å². The quantitative estimate of drug-likeness (QED) is 0.801. The summed E-state index contributed by atoms with van der Waals surface area (Å²) >= 11 is 0. The number of rotatable bonds is 4. The van der Waals surface area contributed by atoms with Crippen molar-refractivity contribution in [3.8, 4) is 5.75 Å². The third-order valence-corrected chi connectivity index (χ3v) is 2.46. The predicted octanol–water partition coefficient (Wildman–Crippen LogP) is 2.07. The molecule has 0 fully saturated rings. The van der Waals surface area contributed by atoms with Crippen molar-refractivity contribution in [2.75, 3.05) is 13.2 Å². The number of H-pyrrole nitrogens is 1. The Bertz CT molecular complexity index is 448. The smallest absolute Gasteiger partial charge is 0.120 e. The van der Waals surface area contributed by atoms with E-state index in [0.29, 0.717) is 13.2 Å². The fourth-order valence-electron chi connectivity index (χ4n) is 1.78. The van der Waals surface area contributed by atoms with Crippen LogP contribution in [0, 0.1) is 0 Å². The van der Waals surface area contributed by atoms with E-state index < -0.39 is 0 Å². The molecule has 3 heteroatoms. The minimum Gasteiger partial charge on any atom is -0.494 e. The lowest BCUT2D eigenvalue weighted by Crippen LogP contribution is -2.01. The summed E-state index contributed by atoms with van der Waals surface area (Å²) in [5.41, 5.74) is 7.96.